The zero-order valence-corrected chi connectivity index (χ0v) is 17.3. The third-order valence-corrected chi connectivity index (χ3v) is 5.03. The number of hydrogen-bond acceptors (Lipinski definition) is 4. The topological polar surface area (TPSA) is 97.2 Å². The van der Waals surface area contributed by atoms with Crippen LogP contribution in [-0.2, 0) is 9.53 Å². The molecule has 0 radical (unpaired) electrons. The van der Waals surface area contributed by atoms with Gasteiger partial charge in [0.2, 0.25) is 0 Å². The van der Waals surface area contributed by atoms with Crippen molar-refractivity contribution < 1.29 is 28.5 Å². The summed E-state index contributed by atoms with van der Waals surface area (Å²) in [5.74, 6) is -0.122. The number of carbonyl (C=O) groups is 2. The largest absolute Gasteiger partial charge is 0.467 e. The van der Waals surface area contributed by atoms with Crippen molar-refractivity contribution in [2.75, 3.05) is 13.2 Å². The van der Waals surface area contributed by atoms with Gasteiger partial charge in [-0.05, 0) is 31.2 Å². The predicted octanol–water partition coefficient (Wildman–Crippen LogP) is 2.55. The Morgan fingerprint density at radius 2 is 2.00 bits per heavy atom. The van der Waals surface area contributed by atoms with Gasteiger partial charge in [-0.15, -0.1) is 0 Å². The molecule has 0 aliphatic carbocycles. The highest BCUT2D eigenvalue weighted by Crippen LogP contribution is 2.28. The van der Waals surface area contributed by atoms with Crippen LogP contribution in [-0.4, -0.2) is 25.2 Å². The van der Waals surface area contributed by atoms with Crippen LogP contribution in [0.15, 0.2) is 58.3 Å². The van der Waals surface area contributed by atoms with Crippen molar-refractivity contribution in [3.05, 3.63) is 71.1 Å². The van der Waals surface area contributed by atoms with Crippen molar-refractivity contribution in [2.24, 2.45) is 5.92 Å². The van der Waals surface area contributed by atoms with Crippen LogP contribution in [0.3, 0.4) is 0 Å². The number of quaternary nitrogens is 1. The van der Waals surface area contributed by atoms with E-state index in [1.807, 2.05) is 5.32 Å². The van der Waals surface area contributed by atoms with Crippen molar-refractivity contribution >= 4 is 12.0 Å². The van der Waals surface area contributed by atoms with E-state index in [4.69, 9.17) is 9.15 Å². The molecule has 7 nitrogen and oxygen atoms in total. The normalized spacial score (nSPS) is 17.5. The Morgan fingerprint density at radius 3 is 2.60 bits per heavy atom. The van der Waals surface area contributed by atoms with Crippen LogP contribution in [0.25, 0.3) is 0 Å². The molecule has 8 heteroatoms. The zero-order valence-electron chi connectivity index (χ0n) is 17.3. The number of hydrogen-bond donors (Lipinski definition) is 3. The molecule has 1 aliphatic heterocycles. The third kappa shape index (κ3) is 4.88. The minimum atomic E-state index is -0.737. The van der Waals surface area contributed by atoms with E-state index < -0.39 is 18.0 Å². The smallest absolute Gasteiger partial charge is 0.338 e. The lowest BCUT2D eigenvalue weighted by Crippen LogP contribution is -2.87. The van der Waals surface area contributed by atoms with Gasteiger partial charge in [-0.25, -0.2) is 14.0 Å². The van der Waals surface area contributed by atoms with Crippen molar-refractivity contribution in [3.8, 4) is 0 Å². The van der Waals surface area contributed by atoms with Gasteiger partial charge >= 0.3 is 12.0 Å². The number of esters is 1. The van der Waals surface area contributed by atoms with Gasteiger partial charge in [-0.1, -0.05) is 26.0 Å². The second kappa shape index (κ2) is 9.58. The maximum atomic E-state index is 13.3. The average molecular weight is 416 g/mol. The molecule has 1 aromatic heterocycles. The Bertz CT molecular complexity index is 907. The lowest BCUT2D eigenvalue weighted by Gasteiger charge is -2.28. The number of ether oxygens (including phenoxy) is 1. The Labute approximate surface area is 174 Å². The van der Waals surface area contributed by atoms with Gasteiger partial charge in [-0.3, -0.25) is 0 Å². The molecule has 2 heterocycles. The van der Waals surface area contributed by atoms with Crippen LogP contribution in [0.4, 0.5) is 9.18 Å². The summed E-state index contributed by atoms with van der Waals surface area (Å²) in [5, 5.41) is 7.50. The molecule has 0 saturated heterocycles. The number of nitrogens with one attached hydrogen (secondary N) is 2. The van der Waals surface area contributed by atoms with Crippen molar-refractivity contribution in [1.29, 1.82) is 0 Å². The molecule has 3 rings (SSSR count). The fourth-order valence-electron chi connectivity index (χ4n) is 3.62. The molecule has 0 saturated carbocycles. The van der Waals surface area contributed by atoms with Crippen LogP contribution < -0.4 is 16.0 Å². The zero-order chi connectivity index (χ0) is 21.7. The summed E-state index contributed by atoms with van der Waals surface area (Å²) in [4.78, 5) is 25.0. The van der Waals surface area contributed by atoms with Crippen LogP contribution in [0.5, 0.6) is 0 Å². The highest BCUT2D eigenvalue weighted by atomic mass is 19.1. The summed E-state index contributed by atoms with van der Waals surface area (Å²) in [6.07, 6.45) is 1.49. The van der Waals surface area contributed by atoms with E-state index in [1.54, 1.807) is 31.2 Å². The van der Waals surface area contributed by atoms with Crippen LogP contribution in [0.1, 0.15) is 44.2 Å². The maximum Gasteiger partial charge on any atom is 0.338 e. The van der Waals surface area contributed by atoms with E-state index in [-0.39, 0.29) is 24.4 Å². The number of furan rings is 1. The monoisotopic (exact) mass is 416 g/mol. The number of nitrogens with two attached hydrogens (primary N) is 1. The van der Waals surface area contributed by atoms with Gasteiger partial charge in [0.1, 0.15) is 30.2 Å². The number of halogens is 1. The molecule has 2 amide bonds. The van der Waals surface area contributed by atoms with E-state index in [0.29, 0.717) is 23.6 Å². The number of benzene rings is 1. The first-order valence-electron chi connectivity index (χ1n) is 10.0. The van der Waals surface area contributed by atoms with Gasteiger partial charge in [-0.2, -0.15) is 0 Å². The van der Waals surface area contributed by atoms with E-state index in [1.165, 1.54) is 18.4 Å². The first-order valence-corrected chi connectivity index (χ1v) is 10.0. The number of urea groups is 1. The molecule has 0 bridgehead atoms. The molecule has 1 aromatic carbocycles. The van der Waals surface area contributed by atoms with Crippen LogP contribution >= 0.6 is 0 Å². The molecule has 0 unspecified atom stereocenters. The summed E-state index contributed by atoms with van der Waals surface area (Å²) in [7, 11) is 0. The van der Waals surface area contributed by atoms with Crippen LogP contribution in [0.2, 0.25) is 0 Å². The predicted molar refractivity (Wildman–Crippen MR) is 108 cm³/mol. The summed E-state index contributed by atoms with van der Waals surface area (Å²) in [6.45, 7) is 6.40. The Kier molecular flexibility index (Phi) is 6.89. The minimum absolute atomic E-state index is 0.00963. The molecular formula is C22H27FN3O4+. The molecule has 0 spiro atoms. The lowest BCUT2D eigenvalue weighted by molar-refractivity contribution is -0.696. The number of carbonyl (C=O) groups excluding carboxylic acids is 2. The standard InChI is InChI=1S/C22H26FN3O4/c1-4-29-21(27)18-16(25-22(28)26-20(18)17-6-5-11-30-17)12-24-19(13(2)3)14-7-9-15(23)10-8-14/h5-11,13,19-20,24H,4,12H2,1-3H3,(H2,25,26,28)/p+1/t19-,20-/m1/s1. The molecule has 30 heavy (non-hydrogen) atoms. The van der Waals surface area contributed by atoms with Gasteiger partial charge in [0.05, 0.1) is 24.1 Å². The maximum absolute atomic E-state index is 13.3. The first-order chi connectivity index (χ1) is 14.4. The van der Waals surface area contributed by atoms with Gasteiger partial charge in [0, 0.05) is 11.5 Å². The molecule has 2 aromatic rings. The SMILES string of the molecule is CCOC(=O)C1=C(C[NH2+][C@@H](c2ccc(F)cc2)C(C)C)NC(=O)N[C@@H]1c1ccco1. The fraction of sp³-hybridized carbons (Fsp3) is 0.364. The molecule has 4 N–H and O–H groups in total. The van der Waals surface area contributed by atoms with Gasteiger partial charge in [0.15, 0.2) is 0 Å². The minimum Gasteiger partial charge on any atom is -0.467 e. The quantitative estimate of drug-likeness (QED) is 0.576. The van der Waals surface area contributed by atoms with Crippen molar-refractivity contribution in [3.63, 3.8) is 0 Å². The van der Waals surface area contributed by atoms with E-state index >= 15 is 0 Å². The summed E-state index contributed by atoms with van der Waals surface area (Å²) < 4.78 is 24.0. The fourth-order valence-corrected chi connectivity index (χ4v) is 3.62. The molecular weight excluding hydrogens is 389 g/mol. The van der Waals surface area contributed by atoms with Gasteiger partial charge < -0.3 is 25.1 Å². The van der Waals surface area contributed by atoms with E-state index in [9.17, 15) is 14.0 Å². The molecule has 1 aliphatic rings. The summed E-state index contributed by atoms with van der Waals surface area (Å²) in [5.41, 5.74) is 1.74. The van der Waals surface area contributed by atoms with Crippen molar-refractivity contribution in [1.82, 2.24) is 10.6 Å². The van der Waals surface area contributed by atoms with Crippen LogP contribution in [0, 0.1) is 11.7 Å². The number of rotatable bonds is 8. The van der Waals surface area contributed by atoms with E-state index in [0.717, 1.165) is 5.56 Å². The van der Waals surface area contributed by atoms with Gasteiger partial charge in [0.25, 0.3) is 0 Å². The summed E-state index contributed by atoms with van der Waals surface area (Å²) in [6, 6.07) is 8.62. The number of amides is 2. The molecule has 2 atom stereocenters. The summed E-state index contributed by atoms with van der Waals surface area (Å²) >= 11 is 0. The lowest BCUT2D eigenvalue weighted by atomic mass is 9.95. The highest BCUT2D eigenvalue weighted by molar-refractivity contribution is 5.95. The molecule has 160 valence electrons. The Balaban J connectivity index is 1.92. The Hall–Kier alpha value is -3.13. The second-order valence-electron chi connectivity index (χ2n) is 7.42. The average Bonchev–Trinajstić information content (AvgIpc) is 3.23. The highest BCUT2D eigenvalue weighted by Gasteiger charge is 2.36. The molecule has 0 fully saturated rings. The van der Waals surface area contributed by atoms with Crippen molar-refractivity contribution in [2.45, 2.75) is 32.9 Å². The Morgan fingerprint density at radius 1 is 1.27 bits per heavy atom. The van der Waals surface area contributed by atoms with E-state index in [2.05, 4.69) is 24.5 Å². The first kappa shape index (κ1) is 21.6. The third-order valence-electron chi connectivity index (χ3n) is 5.03. The second-order valence-corrected chi connectivity index (χ2v) is 7.42.